The summed E-state index contributed by atoms with van der Waals surface area (Å²) in [6, 6.07) is 8.73. The molecule has 1 aromatic carbocycles. The van der Waals surface area contributed by atoms with Crippen LogP contribution in [0, 0.1) is 0 Å². The number of rotatable bonds is 4. The lowest BCUT2D eigenvalue weighted by atomic mass is 10.1. The summed E-state index contributed by atoms with van der Waals surface area (Å²) in [4.78, 5) is 35.2. The summed E-state index contributed by atoms with van der Waals surface area (Å²) in [6.45, 7) is 3.61. The standard InChI is InChI=1S/C20H20N4O6/c1-20(2)29-14-12(8-27-19(26)11-6-4-3-5-7-11)28-18(15(14)30-20)24-10-23-13-16(24)21-9-22-17(13)25/h3-7,9-10,12,14-15,18H,8H2,1-2H3,(H,21,22,25)/t12-,14-,15-,18-/m1/s1. The van der Waals surface area contributed by atoms with Crippen molar-refractivity contribution in [1.29, 1.82) is 0 Å². The van der Waals surface area contributed by atoms with Gasteiger partial charge in [0.15, 0.2) is 23.2 Å². The smallest absolute Gasteiger partial charge is 0.338 e. The Labute approximate surface area is 170 Å². The lowest BCUT2D eigenvalue weighted by molar-refractivity contribution is -0.199. The van der Waals surface area contributed by atoms with Gasteiger partial charge in [0.05, 0.1) is 18.2 Å². The molecule has 4 heterocycles. The zero-order valence-electron chi connectivity index (χ0n) is 16.3. The number of fused-ring (bicyclic) bond motifs is 2. The summed E-state index contributed by atoms with van der Waals surface area (Å²) in [5, 5.41) is 0. The number of ether oxygens (including phenoxy) is 4. The van der Waals surface area contributed by atoms with Crippen molar-refractivity contribution >= 4 is 17.1 Å². The van der Waals surface area contributed by atoms with E-state index in [0.717, 1.165) is 0 Å². The molecule has 4 atom stereocenters. The van der Waals surface area contributed by atoms with Crippen LogP contribution in [0.1, 0.15) is 30.4 Å². The predicted molar refractivity (Wildman–Crippen MR) is 103 cm³/mol. The van der Waals surface area contributed by atoms with Crippen molar-refractivity contribution < 1.29 is 23.7 Å². The zero-order chi connectivity index (χ0) is 20.9. The Balaban J connectivity index is 1.40. The van der Waals surface area contributed by atoms with E-state index in [1.165, 1.54) is 12.7 Å². The molecular weight excluding hydrogens is 392 g/mol. The molecule has 0 aliphatic carbocycles. The van der Waals surface area contributed by atoms with Gasteiger partial charge in [-0.1, -0.05) is 18.2 Å². The second-order valence-electron chi connectivity index (χ2n) is 7.65. The highest BCUT2D eigenvalue weighted by Gasteiger charge is 2.56. The number of esters is 1. The van der Waals surface area contributed by atoms with Crippen molar-refractivity contribution in [3.05, 3.63) is 58.9 Å². The summed E-state index contributed by atoms with van der Waals surface area (Å²) in [7, 11) is 0. The summed E-state index contributed by atoms with van der Waals surface area (Å²) in [5.74, 6) is -1.28. The number of hydrogen-bond donors (Lipinski definition) is 1. The second kappa shape index (κ2) is 7.01. The van der Waals surface area contributed by atoms with Crippen LogP contribution in [0.5, 0.6) is 0 Å². The van der Waals surface area contributed by atoms with Crippen LogP contribution in [-0.2, 0) is 18.9 Å². The van der Waals surface area contributed by atoms with E-state index in [2.05, 4.69) is 15.0 Å². The van der Waals surface area contributed by atoms with Gasteiger partial charge in [0.1, 0.15) is 24.9 Å². The third-order valence-corrected chi connectivity index (χ3v) is 5.15. The highest BCUT2D eigenvalue weighted by Crippen LogP contribution is 2.43. The number of carbonyl (C=O) groups excluding carboxylic acids is 1. The van der Waals surface area contributed by atoms with Gasteiger partial charge in [0.2, 0.25) is 0 Å². The van der Waals surface area contributed by atoms with E-state index >= 15 is 0 Å². The maximum Gasteiger partial charge on any atom is 0.338 e. The average molecular weight is 412 g/mol. The molecule has 2 fully saturated rings. The van der Waals surface area contributed by atoms with Gasteiger partial charge in [-0.2, -0.15) is 0 Å². The van der Waals surface area contributed by atoms with Crippen LogP contribution in [-0.4, -0.2) is 56.2 Å². The maximum absolute atomic E-state index is 12.3. The molecule has 0 saturated carbocycles. The van der Waals surface area contributed by atoms with Crippen molar-refractivity contribution in [1.82, 2.24) is 19.5 Å². The molecular formula is C20H20N4O6. The van der Waals surface area contributed by atoms with E-state index in [1.54, 1.807) is 28.8 Å². The molecule has 0 spiro atoms. The molecule has 2 aliphatic heterocycles. The van der Waals surface area contributed by atoms with Gasteiger partial charge >= 0.3 is 5.97 Å². The molecule has 10 heteroatoms. The molecule has 5 rings (SSSR count). The fraction of sp³-hybridized carbons (Fsp3) is 0.400. The van der Waals surface area contributed by atoms with Crippen molar-refractivity contribution in [2.75, 3.05) is 6.61 Å². The fourth-order valence-electron chi connectivity index (χ4n) is 3.88. The Kier molecular flexibility index (Phi) is 4.42. The summed E-state index contributed by atoms with van der Waals surface area (Å²) in [5.41, 5.74) is 0.689. The van der Waals surface area contributed by atoms with Gasteiger partial charge in [0, 0.05) is 0 Å². The largest absolute Gasteiger partial charge is 0.459 e. The highest BCUT2D eigenvalue weighted by atomic mass is 16.8. The highest BCUT2D eigenvalue weighted by molar-refractivity contribution is 5.89. The number of aromatic amines is 1. The SMILES string of the molecule is CC1(C)O[C@@H]2[C@H](O1)[C@@H](COC(=O)c1ccccc1)O[C@H]2n1cnc2c(=O)[nH]cnc21. The second-order valence-corrected chi connectivity index (χ2v) is 7.65. The van der Waals surface area contributed by atoms with Crippen molar-refractivity contribution in [2.24, 2.45) is 0 Å². The molecule has 0 radical (unpaired) electrons. The molecule has 0 amide bonds. The molecule has 2 aliphatic rings. The van der Waals surface area contributed by atoms with E-state index in [0.29, 0.717) is 11.2 Å². The monoisotopic (exact) mass is 412 g/mol. The van der Waals surface area contributed by atoms with Gasteiger partial charge in [-0.25, -0.2) is 14.8 Å². The molecule has 30 heavy (non-hydrogen) atoms. The Morgan fingerprint density at radius 3 is 2.77 bits per heavy atom. The van der Waals surface area contributed by atoms with Crippen LogP contribution < -0.4 is 5.56 Å². The van der Waals surface area contributed by atoms with Crippen LogP contribution in [0.25, 0.3) is 11.2 Å². The molecule has 10 nitrogen and oxygen atoms in total. The Morgan fingerprint density at radius 2 is 1.97 bits per heavy atom. The quantitative estimate of drug-likeness (QED) is 0.639. The van der Waals surface area contributed by atoms with Gasteiger partial charge in [-0.3, -0.25) is 9.36 Å². The van der Waals surface area contributed by atoms with Crippen LogP contribution >= 0.6 is 0 Å². The van der Waals surface area contributed by atoms with Crippen LogP contribution in [0.2, 0.25) is 0 Å². The maximum atomic E-state index is 12.3. The summed E-state index contributed by atoms with van der Waals surface area (Å²) in [6.07, 6.45) is 0.642. The molecule has 0 bridgehead atoms. The van der Waals surface area contributed by atoms with Crippen molar-refractivity contribution in [3.8, 4) is 0 Å². The molecule has 2 aromatic heterocycles. The Bertz CT molecular complexity index is 1140. The first kappa shape index (κ1) is 18.9. The third kappa shape index (κ3) is 3.18. The minimum absolute atomic E-state index is 0.00846. The van der Waals surface area contributed by atoms with E-state index in [-0.39, 0.29) is 17.7 Å². The zero-order valence-corrected chi connectivity index (χ0v) is 16.3. The van der Waals surface area contributed by atoms with Crippen molar-refractivity contribution in [3.63, 3.8) is 0 Å². The first-order valence-corrected chi connectivity index (χ1v) is 9.56. The molecule has 1 N–H and O–H groups in total. The van der Waals surface area contributed by atoms with Crippen LogP contribution in [0.15, 0.2) is 47.8 Å². The molecule has 0 unspecified atom stereocenters. The van der Waals surface area contributed by atoms with Gasteiger partial charge in [-0.15, -0.1) is 0 Å². The number of aromatic nitrogens is 4. The summed E-state index contributed by atoms with van der Waals surface area (Å²) < 4.78 is 25.3. The van der Waals surface area contributed by atoms with Gasteiger partial charge < -0.3 is 23.9 Å². The lowest BCUT2D eigenvalue weighted by Gasteiger charge is -2.24. The minimum Gasteiger partial charge on any atom is -0.459 e. The van der Waals surface area contributed by atoms with Crippen LogP contribution in [0.3, 0.4) is 0 Å². The summed E-state index contributed by atoms with van der Waals surface area (Å²) >= 11 is 0. The number of nitrogens with one attached hydrogen (secondary N) is 1. The first-order chi connectivity index (χ1) is 14.4. The predicted octanol–water partition coefficient (Wildman–Crippen LogP) is 1.39. The topological polar surface area (TPSA) is 118 Å². The molecule has 3 aromatic rings. The fourth-order valence-corrected chi connectivity index (χ4v) is 3.88. The van der Waals surface area contributed by atoms with E-state index in [9.17, 15) is 9.59 Å². The third-order valence-electron chi connectivity index (χ3n) is 5.15. The van der Waals surface area contributed by atoms with Crippen LogP contribution in [0.4, 0.5) is 0 Å². The average Bonchev–Trinajstić information content (AvgIpc) is 3.38. The van der Waals surface area contributed by atoms with E-state index in [1.807, 2.05) is 19.9 Å². The number of hydrogen-bond acceptors (Lipinski definition) is 8. The van der Waals surface area contributed by atoms with Gasteiger partial charge in [0.25, 0.3) is 5.56 Å². The Hall–Kier alpha value is -3.08. The Morgan fingerprint density at radius 1 is 1.20 bits per heavy atom. The lowest BCUT2D eigenvalue weighted by Crippen LogP contribution is -2.33. The van der Waals surface area contributed by atoms with Crippen molar-refractivity contribution in [2.45, 2.75) is 44.2 Å². The first-order valence-electron chi connectivity index (χ1n) is 9.56. The molecule has 156 valence electrons. The van der Waals surface area contributed by atoms with Gasteiger partial charge in [-0.05, 0) is 26.0 Å². The molecule has 2 saturated heterocycles. The normalized spacial score (nSPS) is 27.3. The van der Waals surface area contributed by atoms with E-state index in [4.69, 9.17) is 18.9 Å². The number of imidazole rings is 1. The number of benzene rings is 1. The number of H-pyrrole nitrogens is 1. The number of nitrogens with zero attached hydrogens (tertiary/aromatic N) is 3. The number of carbonyl (C=O) groups is 1. The minimum atomic E-state index is -0.833. The van der Waals surface area contributed by atoms with E-state index < -0.39 is 36.3 Å².